The number of benzene rings is 1. The monoisotopic (exact) mass is 475 g/mol. The van der Waals surface area contributed by atoms with Crippen LogP contribution in [0, 0.1) is 12.8 Å². The lowest BCUT2D eigenvalue weighted by atomic mass is 10.0. The lowest BCUT2D eigenvalue weighted by Gasteiger charge is -2.21. The second-order valence-corrected chi connectivity index (χ2v) is 6.59. The SMILES string of the molecule is CCNC(=NCc1ccc(C)cc1)NCCCOCC1CCOCC1.I. The normalized spacial score (nSPS) is 15.4. The van der Waals surface area contributed by atoms with Crippen LogP contribution >= 0.6 is 24.0 Å². The van der Waals surface area contributed by atoms with Gasteiger partial charge >= 0.3 is 0 Å². The minimum absolute atomic E-state index is 0. The molecule has 0 aliphatic carbocycles. The van der Waals surface area contributed by atoms with E-state index in [0.29, 0.717) is 12.5 Å². The van der Waals surface area contributed by atoms with Crippen LogP contribution in [0.25, 0.3) is 0 Å². The Morgan fingerprint density at radius 3 is 2.62 bits per heavy atom. The van der Waals surface area contributed by atoms with Gasteiger partial charge in [0.1, 0.15) is 0 Å². The van der Waals surface area contributed by atoms with E-state index in [1.807, 2.05) is 0 Å². The van der Waals surface area contributed by atoms with Gasteiger partial charge in [0.05, 0.1) is 6.54 Å². The van der Waals surface area contributed by atoms with E-state index in [4.69, 9.17) is 9.47 Å². The third-order valence-corrected chi connectivity index (χ3v) is 4.34. The quantitative estimate of drug-likeness (QED) is 0.249. The molecule has 2 N–H and O–H groups in total. The third kappa shape index (κ3) is 9.73. The fourth-order valence-corrected chi connectivity index (χ4v) is 2.75. The Morgan fingerprint density at radius 2 is 1.92 bits per heavy atom. The maximum atomic E-state index is 5.80. The molecule has 0 atom stereocenters. The highest BCUT2D eigenvalue weighted by atomic mass is 127. The number of halogens is 1. The van der Waals surface area contributed by atoms with Crippen LogP contribution in [0.3, 0.4) is 0 Å². The van der Waals surface area contributed by atoms with Crippen molar-refractivity contribution in [3.63, 3.8) is 0 Å². The van der Waals surface area contributed by atoms with Crippen LogP contribution in [0.2, 0.25) is 0 Å². The molecule has 0 saturated carbocycles. The van der Waals surface area contributed by atoms with E-state index >= 15 is 0 Å². The molecule has 1 saturated heterocycles. The molecule has 148 valence electrons. The zero-order chi connectivity index (χ0) is 17.7. The Kier molecular flexibility index (Phi) is 12.7. The van der Waals surface area contributed by atoms with Crippen molar-refractivity contribution < 1.29 is 9.47 Å². The average Bonchev–Trinajstić information content (AvgIpc) is 2.64. The van der Waals surface area contributed by atoms with E-state index in [2.05, 4.69) is 53.7 Å². The second kappa shape index (κ2) is 14.2. The molecule has 26 heavy (non-hydrogen) atoms. The van der Waals surface area contributed by atoms with Gasteiger partial charge in [0.15, 0.2) is 5.96 Å². The Bertz CT molecular complexity index is 502. The van der Waals surface area contributed by atoms with Crippen LogP contribution in [-0.2, 0) is 16.0 Å². The van der Waals surface area contributed by atoms with Crippen molar-refractivity contribution in [2.24, 2.45) is 10.9 Å². The summed E-state index contributed by atoms with van der Waals surface area (Å²) in [6, 6.07) is 8.51. The molecule has 1 heterocycles. The number of guanidine groups is 1. The van der Waals surface area contributed by atoms with Gasteiger partial charge in [0.25, 0.3) is 0 Å². The Balaban J connectivity index is 0.00000338. The van der Waals surface area contributed by atoms with Crippen LogP contribution in [0.4, 0.5) is 0 Å². The molecule has 1 aromatic rings. The zero-order valence-electron chi connectivity index (χ0n) is 16.1. The van der Waals surface area contributed by atoms with Crippen LogP contribution in [0.1, 0.15) is 37.3 Å². The number of aryl methyl sites for hydroxylation is 1. The summed E-state index contributed by atoms with van der Waals surface area (Å²) in [5.74, 6) is 1.54. The number of nitrogens with zero attached hydrogens (tertiary/aromatic N) is 1. The van der Waals surface area contributed by atoms with E-state index in [0.717, 1.165) is 64.7 Å². The average molecular weight is 475 g/mol. The highest BCUT2D eigenvalue weighted by molar-refractivity contribution is 14.0. The fraction of sp³-hybridized carbons (Fsp3) is 0.650. The molecule has 0 bridgehead atoms. The number of nitrogens with one attached hydrogen (secondary N) is 2. The molecule has 1 fully saturated rings. The van der Waals surface area contributed by atoms with E-state index in [-0.39, 0.29) is 24.0 Å². The summed E-state index contributed by atoms with van der Waals surface area (Å²) in [5, 5.41) is 6.67. The molecular weight excluding hydrogens is 441 g/mol. The van der Waals surface area contributed by atoms with Crippen molar-refractivity contribution in [3.8, 4) is 0 Å². The highest BCUT2D eigenvalue weighted by Gasteiger charge is 2.13. The molecule has 0 unspecified atom stereocenters. The minimum atomic E-state index is 0. The summed E-state index contributed by atoms with van der Waals surface area (Å²) in [7, 11) is 0. The predicted molar refractivity (Wildman–Crippen MR) is 118 cm³/mol. The van der Waals surface area contributed by atoms with Crippen LogP contribution in [-0.4, -0.2) is 45.5 Å². The summed E-state index contributed by atoms with van der Waals surface area (Å²) < 4.78 is 11.2. The number of hydrogen-bond donors (Lipinski definition) is 2. The maximum absolute atomic E-state index is 5.80. The molecule has 5 nitrogen and oxygen atoms in total. The maximum Gasteiger partial charge on any atom is 0.191 e. The van der Waals surface area contributed by atoms with Gasteiger partial charge in [-0.2, -0.15) is 0 Å². The Morgan fingerprint density at radius 1 is 1.19 bits per heavy atom. The topological polar surface area (TPSA) is 54.9 Å². The second-order valence-electron chi connectivity index (χ2n) is 6.59. The van der Waals surface area contributed by atoms with Gasteiger partial charge < -0.3 is 20.1 Å². The fourth-order valence-electron chi connectivity index (χ4n) is 2.75. The first-order valence-corrected chi connectivity index (χ1v) is 9.51. The molecule has 0 amide bonds. The van der Waals surface area contributed by atoms with Gasteiger partial charge in [-0.3, -0.25) is 0 Å². The summed E-state index contributed by atoms with van der Waals surface area (Å²) in [5.41, 5.74) is 2.50. The molecular formula is C20H34IN3O2. The summed E-state index contributed by atoms with van der Waals surface area (Å²) in [6.45, 7) is 10.0. The minimum Gasteiger partial charge on any atom is -0.381 e. The van der Waals surface area contributed by atoms with Crippen molar-refractivity contribution >= 4 is 29.9 Å². The van der Waals surface area contributed by atoms with Crippen LogP contribution in [0.5, 0.6) is 0 Å². The smallest absolute Gasteiger partial charge is 0.191 e. The summed E-state index contributed by atoms with van der Waals surface area (Å²) in [6.07, 6.45) is 3.25. The predicted octanol–water partition coefficient (Wildman–Crippen LogP) is 3.50. The van der Waals surface area contributed by atoms with E-state index in [1.165, 1.54) is 11.1 Å². The van der Waals surface area contributed by atoms with E-state index in [9.17, 15) is 0 Å². The van der Waals surface area contributed by atoms with Crippen molar-refractivity contribution in [1.29, 1.82) is 0 Å². The molecule has 1 aromatic carbocycles. The van der Waals surface area contributed by atoms with Gasteiger partial charge in [0, 0.05) is 39.5 Å². The van der Waals surface area contributed by atoms with Crippen molar-refractivity contribution in [3.05, 3.63) is 35.4 Å². The molecule has 0 radical (unpaired) electrons. The Hall–Kier alpha value is -0.860. The molecule has 6 heteroatoms. The number of rotatable bonds is 9. The number of ether oxygens (including phenoxy) is 2. The molecule has 2 rings (SSSR count). The standard InChI is InChI=1S/C20H33N3O2.HI/c1-3-21-20(23-15-18-7-5-17(2)6-8-18)22-11-4-12-25-16-19-9-13-24-14-10-19;/h5-8,19H,3-4,9-16H2,1-2H3,(H2,21,22,23);1H. The summed E-state index contributed by atoms with van der Waals surface area (Å²) >= 11 is 0. The van der Waals surface area contributed by atoms with Gasteiger partial charge in [-0.1, -0.05) is 29.8 Å². The first-order valence-electron chi connectivity index (χ1n) is 9.51. The molecule has 0 spiro atoms. The highest BCUT2D eigenvalue weighted by Crippen LogP contribution is 2.14. The lowest BCUT2D eigenvalue weighted by Crippen LogP contribution is -2.38. The van der Waals surface area contributed by atoms with Gasteiger partial charge in [-0.05, 0) is 44.6 Å². The van der Waals surface area contributed by atoms with Crippen molar-refractivity contribution in [1.82, 2.24) is 10.6 Å². The molecule has 1 aliphatic rings. The number of aliphatic imine (C=N–C) groups is 1. The van der Waals surface area contributed by atoms with E-state index < -0.39 is 0 Å². The largest absolute Gasteiger partial charge is 0.381 e. The first-order chi connectivity index (χ1) is 12.3. The van der Waals surface area contributed by atoms with Gasteiger partial charge in [0.2, 0.25) is 0 Å². The van der Waals surface area contributed by atoms with Crippen LogP contribution in [0.15, 0.2) is 29.3 Å². The van der Waals surface area contributed by atoms with Crippen LogP contribution < -0.4 is 10.6 Å². The zero-order valence-corrected chi connectivity index (χ0v) is 18.5. The molecule has 0 aromatic heterocycles. The van der Waals surface area contributed by atoms with Gasteiger partial charge in [-0.15, -0.1) is 24.0 Å². The van der Waals surface area contributed by atoms with E-state index in [1.54, 1.807) is 0 Å². The van der Waals surface area contributed by atoms with Crippen molar-refractivity contribution in [2.75, 3.05) is 39.5 Å². The first kappa shape index (κ1) is 23.2. The van der Waals surface area contributed by atoms with Crippen molar-refractivity contribution in [2.45, 2.75) is 39.7 Å². The Labute approximate surface area is 175 Å². The molecule has 1 aliphatic heterocycles. The van der Waals surface area contributed by atoms with Gasteiger partial charge in [-0.25, -0.2) is 4.99 Å². The number of hydrogen-bond acceptors (Lipinski definition) is 3. The summed E-state index contributed by atoms with van der Waals surface area (Å²) in [4.78, 5) is 4.64. The third-order valence-electron chi connectivity index (χ3n) is 4.34. The lowest BCUT2D eigenvalue weighted by molar-refractivity contribution is 0.0203.